The third-order valence-corrected chi connectivity index (χ3v) is 3.66. The van der Waals surface area contributed by atoms with E-state index < -0.39 is 6.61 Å². The summed E-state index contributed by atoms with van der Waals surface area (Å²) in [7, 11) is 4.09. The summed E-state index contributed by atoms with van der Waals surface area (Å²) in [6, 6.07) is 6.89. The third-order valence-electron chi connectivity index (χ3n) is 3.66. The molecule has 20 heavy (non-hydrogen) atoms. The molecule has 1 unspecified atom stereocenters. The van der Waals surface area contributed by atoms with E-state index in [2.05, 4.69) is 35.7 Å². The largest absolute Gasteiger partial charge is 0.435 e. The molecule has 0 aliphatic carbocycles. The van der Waals surface area contributed by atoms with Crippen LogP contribution in [0.15, 0.2) is 24.3 Å². The predicted molar refractivity (Wildman–Crippen MR) is 77.3 cm³/mol. The van der Waals surface area contributed by atoms with Gasteiger partial charge in [0.1, 0.15) is 5.75 Å². The van der Waals surface area contributed by atoms with Crippen LogP contribution in [0.1, 0.15) is 32.4 Å². The van der Waals surface area contributed by atoms with E-state index in [1.165, 1.54) is 0 Å². The van der Waals surface area contributed by atoms with Gasteiger partial charge < -0.3 is 15.0 Å². The smallest absolute Gasteiger partial charge is 0.387 e. The van der Waals surface area contributed by atoms with E-state index in [0.29, 0.717) is 0 Å². The van der Waals surface area contributed by atoms with Crippen molar-refractivity contribution in [3.05, 3.63) is 29.8 Å². The van der Waals surface area contributed by atoms with Crippen LogP contribution in [0.3, 0.4) is 0 Å². The Balaban J connectivity index is 2.57. The molecule has 0 radical (unpaired) electrons. The minimum atomic E-state index is -2.78. The topological polar surface area (TPSA) is 24.5 Å². The first-order chi connectivity index (χ1) is 9.22. The molecule has 0 heterocycles. The molecule has 0 spiro atoms. The predicted octanol–water partition coefficient (Wildman–Crippen LogP) is 3.28. The molecular weight excluding hydrogens is 262 g/mol. The molecule has 0 saturated heterocycles. The van der Waals surface area contributed by atoms with Crippen molar-refractivity contribution < 1.29 is 13.5 Å². The highest BCUT2D eigenvalue weighted by Gasteiger charge is 2.21. The third kappa shape index (κ3) is 5.06. The van der Waals surface area contributed by atoms with Gasteiger partial charge in [-0.25, -0.2) is 0 Å². The van der Waals surface area contributed by atoms with Crippen LogP contribution in [0.2, 0.25) is 0 Å². The summed E-state index contributed by atoms with van der Waals surface area (Å²) >= 11 is 0. The number of likely N-dealkylation sites (N-methyl/N-ethyl adjacent to an activating group) is 1. The number of nitrogens with zero attached hydrogens (tertiary/aromatic N) is 1. The molecule has 5 heteroatoms. The SMILES string of the molecule is CC(NCC(C)(C)N(C)C)c1ccc(OC(F)F)cc1. The lowest BCUT2D eigenvalue weighted by Gasteiger charge is -2.34. The number of hydrogen-bond acceptors (Lipinski definition) is 3. The average molecular weight is 286 g/mol. The maximum Gasteiger partial charge on any atom is 0.387 e. The van der Waals surface area contributed by atoms with Crippen molar-refractivity contribution in [1.82, 2.24) is 10.2 Å². The number of alkyl halides is 2. The van der Waals surface area contributed by atoms with E-state index in [-0.39, 0.29) is 17.3 Å². The number of halogens is 2. The van der Waals surface area contributed by atoms with E-state index in [9.17, 15) is 8.78 Å². The Morgan fingerprint density at radius 1 is 1.20 bits per heavy atom. The van der Waals surface area contributed by atoms with Gasteiger partial charge in [0, 0.05) is 18.1 Å². The number of ether oxygens (including phenoxy) is 1. The Morgan fingerprint density at radius 2 is 1.75 bits per heavy atom. The first kappa shape index (κ1) is 16.9. The standard InChI is InChI=1S/C15H24F2N2O/c1-11(18-10-15(2,3)19(4)5)12-6-8-13(9-7-12)20-14(16)17/h6-9,11,14,18H,10H2,1-5H3. The Labute approximate surface area is 119 Å². The van der Waals surface area contributed by atoms with Crippen molar-refractivity contribution in [2.75, 3.05) is 20.6 Å². The lowest BCUT2D eigenvalue weighted by Crippen LogP contribution is -2.47. The van der Waals surface area contributed by atoms with Crippen LogP contribution in [0.25, 0.3) is 0 Å². The lowest BCUT2D eigenvalue weighted by atomic mass is 10.0. The fourth-order valence-corrected chi connectivity index (χ4v) is 1.62. The van der Waals surface area contributed by atoms with Crippen LogP contribution < -0.4 is 10.1 Å². The molecule has 1 N–H and O–H groups in total. The number of rotatable bonds is 7. The number of benzene rings is 1. The summed E-state index contributed by atoms with van der Waals surface area (Å²) in [6.07, 6.45) is 0. The molecule has 0 fully saturated rings. The van der Waals surface area contributed by atoms with E-state index in [4.69, 9.17) is 0 Å². The van der Waals surface area contributed by atoms with Crippen molar-refractivity contribution in [1.29, 1.82) is 0 Å². The molecule has 1 atom stereocenters. The monoisotopic (exact) mass is 286 g/mol. The first-order valence-corrected chi connectivity index (χ1v) is 6.68. The summed E-state index contributed by atoms with van der Waals surface area (Å²) < 4.78 is 28.5. The molecule has 0 amide bonds. The zero-order valence-electron chi connectivity index (χ0n) is 12.8. The highest BCUT2D eigenvalue weighted by molar-refractivity contribution is 5.29. The van der Waals surface area contributed by atoms with Gasteiger partial charge in [0.2, 0.25) is 0 Å². The highest BCUT2D eigenvalue weighted by Crippen LogP contribution is 2.20. The second-order valence-electron chi connectivity index (χ2n) is 5.76. The average Bonchev–Trinajstić information content (AvgIpc) is 2.36. The maximum absolute atomic E-state index is 12.1. The van der Waals surface area contributed by atoms with Crippen molar-refractivity contribution in [3.63, 3.8) is 0 Å². The summed E-state index contributed by atoms with van der Waals surface area (Å²) in [6.45, 7) is 4.42. The van der Waals surface area contributed by atoms with Crippen LogP contribution in [-0.4, -0.2) is 37.7 Å². The second-order valence-corrected chi connectivity index (χ2v) is 5.76. The van der Waals surface area contributed by atoms with Gasteiger partial charge in [-0.15, -0.1) is 0 Å². The summed E-state index contributed by atoms with van der Waals surface area (Å²) in [4.78, 5) is 2.16. The summed E-state index contributed by atoms with van der Waals surface area (Å²) in [5.41, 5.74) is 1.09. The summed E-state index contributed by atoms with van der Waals surface area (Å²) in [5.74, 6) is 0.185. The van der Waals surface area contributed by atoms with Gasteiger partial charge in [0.05, 0.1) is 0 Å². The van der Waals surface area contributed by atoms with Crippen LogP contribution >= 0.6 is 0 Å². The Hall–Kier alpha value is -1.20. The molecule has 1 aromatic rings. The molecule has 0 aromatic heterocycles. The minimum absolute atomic E-state index is 0.0486. The van der Waals surface area contributed by atoms with Crippen LogP contribution in [0.4, 0.5) is 8.78 Å². The van der Waals surface area contributed by atoms with Crippen LogP contribution in [0, 0.1) is 0 Å². The van der Waals surface area contributed by atoms with E-state index >= 15 is 0 Å². The highest BCUT2D eigenvalue weighted by atomic mass is 19.3. The van der Waals surface area contributed by atoms with Gasteiger partial charge in [-0.1, -0.05) is 12.1 Å². The lowest BCUT2D eigenvalue weighted by molar-refractivity contribution is -0.0498. The molecule has 114 valence electrons. The minimum Gasteiger partial charge on any atom is -0.435 e. The Morgan fingerprint density at radius 3 is 2.20 bits per heavy atom. The molecule has 1 rings (SSSR count). The molecular formula is C15H24F2N2O. The van der Waals surface area contributed by atoms with Crippen molar-refractivity contribution in [2.24, 2.45) is 0 Å². The van der Waals surface area contributed by atoms with Crippen LogP contribution in [-0.2, 0) is 0 Å². The van der Waals surface area contributed by atoms with Crippen molar-refractivity contribution >= 4 is 0 Å². The molecule has 0 saturated carbocycles. The Bertz CT molecular complexity index is 405. The fraction of sp³-hybridized carbons (Fsp3) is 0.600. The second kappa shape index (κ2) is 6.99. The quantitative estimate of drug-likeness (QED) is 0.832. The fourth-order valence-electron chi connectivity index (χ4n) is 1.62. The molecule has 0 aliphatic heterocycles. The van der Waals surface area contributed by atoms with Crippen molar-refractivity contribution in [3.8, 4) is 5.75 Å². The van der Waals surface area contributed by atoms with E-state index in [0.717, 1.165) is 12.1 Å². The zero-order valence-corrected chi connectivity index (χ0v) is 12.8. The molecule has 3 nitrogen and oxygen atoms in total. The van der Waals surface area contributed by atoms with Gasteiger partial charge in [-0.05, 0) is 52.6 Å². The van der Waals surface area contributed by atoms with E-state index in [1.807, 2.05) is 14.1 Å². The van der Waals surface area contributed by atoms with Gasteiger partial charge in [-0.3, -0.25) is 0 Å². The summed E-state index contributed by atoms with van der Waals surface area (Å²) in [5, 5.41) is 3.45. The Kier molecular flexibility index (Phi) is 5.89. The normalized spacial score (nSPS) is 13.8. The van der Waals surface area contributed by atoms with Gasteiger partial charge in [0.15, 0.2) is 0 Å². The number of nitrogens with one attached hydrogen (secondary N) is 1. The van der Waals surface area contributed by atoms with Gasteiger partial charge >= 0.3 is 6.61 Å². The van der Waals surface area contributed by atoms with Crippen LogP contribution in [0.5, 0.6) is 5.75 Å². The van der Waals surface area contributed by atoms with Gasteiger partial charge in [0.25, 0.3) is 0 Å². The zero-order chi connectivity index (χ0) is 15.3. The van der Waals surface area contributed by atoms with Gasteiger partial charge in [-0.2, -0.15) is 8.78 Å². The van der Waals surface area contributed by atoms with Crippen molar-refractivity contribution in [2.45, 2.75) is 39.0 Å². The molecule has 0 aliphatic rings. The number of hydrogen-bond donors (Lipinski definition) is 1. The molecule has 1 aromatic carbocycles. The molecule has 0 bridgehead atoms. The maximum atomic E-state index is 12.1. The van der Waals surface area contributed by atoms with E-state index in [1.54, 1.807) is 24.3 Å². The first-order valence-electron chi connectivity index (χ1n) is 6.68.